The van der Waals surface area contributed by atoms with Gasteiger partial charge >= 0.3 is 11.9 Å². The number of likely N-dealkylation sites (tertiary alicyclic amines) is 1. The van der Waals surface area contributed by atoms with Gasteiger partial charge in [0.15, 0.2) is 0 Å². The molecule has 2 N–H and O–H groups in total. The van der Waals surface area contributed by atoms with E-state index in [4.69, 9.17) is 5.73 Å². The molecule has 0 aromatic rings. The zero-order valence-corrected chi connectivity index (χ0v) is 7.66. The average molecular weight is 186 g/mol. The van der Waals surface area contributed by atoms with Gasteiger partial charge in [-0.3, -0.25) is 4.79 Å². The van der Waals surface area contributed by atoms with Crippen molar-refractivity contribution in [2.45, 2.75) is 6.42 Å². The highest BCUT2D eigenvalue weighted by molar-refractivity contribution is 6.32. The summed E-state index contributed by atoms with van der Waals surface area (Å²) in [6.07, 6.45) is 0.874. The zero-order valence-electron chi connectivity index (χ0n) is 7.66. The molecule has 0 radical (unpaired) electrons. The first-order chi connectivity index (χ1) is 6.19. The summed E-state index contributed by atoms with van der Waals surface area (Å²) in [4.78, 5) is 23.6. The topological polar surface area (TPSA) is 72.6 Å². The Morgan fingerprint density at radius 1 is 1.62 bits per heavy atom. The first-order valence-corrected chi connectivity index (χ1v) is 4.26. The molecule has 1 amide bonds. The van der Waals surface area contributed by atoms with E-state index in [9.17, 15) is 9.59 Å². The van der Waals surface area contributed by atoms with E-state index in [1.807, 2.05) is 0 Å². The Morgan fingerprint density at radius 2 is 2.31 bits per heavy atom. The van der Waals surface area contributed by atoms with Gasteiger partial charge in [0.25, 0.3) is 0 Å². The molecule has 0 spiro atoms. The highest BCUT2D eigenvalue weighted by atomic mass is 16.5. The van der Waals surface area contributed by atoms with Gasteiger partial charge in [-0.05, 0) is 18.9 Å². The number of carbonyl (C=O) groups is 2. The Labute approximate surface area is 76.8 Å². The Hall–Kier alpha value is -1.10. The number of ether oxygens (including phenoxy) is 1. The van der Waals surface area contributed by atoms with E-state index >= 15 is 0 Å². The fraction of sp³-hybridized carbons (Fsp3) is 0.750. The second kappa shape index (κ2) is 4.23. The van der Waals surface area contributed by atoms with Crippen LogP contribution >= 0.6 is 0 Å². The second-order valence-corrected chi connectivity index (χ2v) is 3.13. The molecule has 1 atom stereocenters. The maximum Gasteiger partial charge on any atom is 0.396 e. The number of methoxy groups -OCH3 is 1. The Balaban J connectivity index is 2.46. The lowest BCUT2D eigenvalue weighted by molar-refractivity contribution is -0.157. The highest BCUT2D eigenvalue weighted by Crippen LogP contribution is 2.14. The minimum atomic E-state index is -0.794. The van der Waals surface area contributed by atoms with Crippen LogP contribution in [-0.2, 0) is 14.3 Å². The van der Waals surface area contributed by atoms with Crippen LogP contribution in [0.4, 0.5) is 0 Å². The molecule has 0 bridgehead atoms. The molecule has 1 fully saturated rings. The van der Waals surface area contributed by atoms with E-state index in [0.717, 1.165) is 6.42 Å². The third kappa shape index (κ3) is 2.18. The Kier molecular flexibility index (Phi) is 3.25. The summed E-state index contributed by atoms with van der Waals surface area (Å²) >= 11 is 0. The summed E-state index contributed by atoms with van der Waals surface area (Å²) in [5.74, 6) is -1.02. The van der Waals surface area contributed by atoms with Gasteiger partial charge in [0.2, 0.25) is 0 Å². The smallest absolute Gasteiger partial charge is 0.396 e. The number of carbonyl (C=O) groups excluding carboxylic acids is 2. The minimum Gasteiger partial charge on any atom is -0.462 e. The number of hydrogen-bond acceptors (Lipinski definition) is 4. The predicted octanol–water partition coefficient (Wildman–Crippen LogP) is -1.03. The fourth-order valence-electron chi connectivity index (χ4n) is 1.43. The molecule has 1 aliphatic rings. The molecule has 1 aliphatic heterocycles. The van der Waals surface area contributed by atoms with E-state index in [-0.39, 0.29) is 0 Å². The number of nitrogens with two attached hydrogens (primary N) is 1. The van der Waals surface area contributed by atoms with Gasteiger partial charge < -0.3 is 15.4 Å². The first-order valence-electron chi connectivity index (χ1n) is 4.26. The van der Waals surface area contributed by atoms with E-state index in [1.54, 1.807) is 0 Å². The van der Waals surface area contributed by atoms with E-state index < -0.39 is 11.9 Å². The molecule has 0 saturated carbocycles. The van der Waals surface area contributed by atoms with E-state index in [0.29, 0.717) is 25.6 Å². The van der Waals surface area contributed by atoms with Crippen molar-refractivity contribution >= 4 is 11.9 Å². The molecular formula is C8H14N2O3. The summed E-state index contributed by atoms with van der Waals surface area (Å²) in [6.45, 7) is 1.74. The maximum atomic E-state index is 11.2. The SMILES string of the molecule is COC(=O)C(=O)N1CCC(CN)C1. The monoisotopic (exact) mass is 186 g/mol. The number of rotatable bonds is 1. The minimum absolute atomic E-state index is 0.327. The largest absolute Gasteiger partial charge is 0.462 e. The summed E-state index contributed by atoms with van der Waals surface area (Å²) in [5.41, 5.74) is 5.45. The van der Waals surface area contributed by atoms with Gasteiger partial charge in [-0.25, -0.2) is 4.79 Å². The lowest BCUT2D eigenvalue weighted by Gasteiger charge is -2.13. The molecule has 5 nitrogen and oxygen atoms in total. The normalized spacial score (nSPS) is 21.7. The van der Waals surface area contributed by atoms with Crippen molar-refractivity contribution in [3.8, 4) is 0 Å². The van der Waals surface area contributed by atoms with Crippen molar-refractivity contribution in [1.29, 1.82) is 0 Å². The lowest BCUT2D eigenvalue weighted by Crippen LogP contribution is -2.36. The van der Waals surface area contributed by atoms with Crippen LogP contribution in [-0.4, -0.2) is 43.5 Å². The fourth-order valence-corrected chi connectivity index (χ4v) is 1.43. The molecule has 1 rings (SSSR count). The lowest BCUT2D eigenvalue weighted by atomic mass is 10.1. The van der Waals surface area contributed by atoms with Crippen LogP contribution in [0.1, 0.15) is 6.42 Å². The van der Waals surface area contributed by atoms with E-state index in [2.05, 4.69) is 4.74 Å². The summed E-state index contributed by atoms with van der Waals surface area (Å²) in [7, 11) is 1.21. The van der Waals surface area contributed by atoms with E-state index in [1.165, 1.54) is 12.0 Å². The van der Waals surface area contributed by atoms with Crippen LogP contribution in [0.2, 0.25) is 0 Å². The molecule has 1 unspecified atom stereocenters. The Bertz CT molecular complexity index is 217. The van der Waals surface area contributed by atoms with Gasteiger partial charge in [-0.1, -0.05) is 0 Å². The van der Waals surface area contributed by atoms with Crippen LogP contribution in [0.25, 0.3) is 0 Å². The van der Waals surface area contributed by atoms with Gasteiger partial charge in [0.1, 0.15) is 0 Å². The van der Waals surface area contributed by atoms with Crippen LogP contribution in [0.15, 0.2) is 0 Å². The first kappa shape index (κ1) is 9.98. The molecule has 1 saturated heterocycles. The van der Waals surface area contributed by atoms with Crippen molar-refractivity contribution in [3.05, 3.63) is 0 Å². The molecular weight excluding hydrogens is 172 g/mol. The standard InChI is InChI=1S/C8H14N2O3/c1-13-8(12)7(11)10-3-2-6(4-9)5-10/h6H,2-5,9H2,1H3. The molecule has 13 heavy (non-hydrogen) atoms. The van der Waals surface area contributed by atoms with Crippen molar-refractivity contribution in [1.82, 2.24) is 4.90 Å². The third-order valence-electron chi connectivity index (χ3n) is 2.27. The molecule has 74 valence electrons. The molecule has 1 heterocycles. The summed E-state index contributed by atoms with van der Waals surface area (Å²) in [5, 5.41) is 0. The maximum absolute atomic E-state index is 11.2. The number of hydrogen-bond donors (Lipinski definition) is 1. The van der Waals surface area contributed by atoms with Crippen molar-refractivity contribution in [2.75, 3.05) is 26.7 Å². The van der Waals surface area contributed by atoms with Crippen LogP contribution in [0.5, 0.6) is 0 Å². The molecule has 0 aliphatic carbocycles. The molecule has 0 aromatic carbocycles. The van der Waals surface area contributed by atoms with Crippen molar-refractivity contribution in [2.24, 2.45) is 11.7 Å². The predicted molar refractivity (Wildman–Crippen MR) is 45.8 cm³/mol. The quantitative estimate of drug-likeness (QED) is 0.419. The van der Waals surface area contributed by atoms with Crippen LogP contribution in [0.3, 0.4) is 0 Å². The van der Waals surface area contributed by atoms with Crippen LogP contribution < -0.4 is 5.73 Å². The number of nitrogens with zero attached hydrogens (tertiary/aromatic N) is 1. The third-order valence-corrected chi connectivity index (χ3v) is 2.27. The number of esters is 1. The summed E-state index contributed by atoms with van der Waals surface area (Å²) in [6, 6.07) is 0. The van der Waals surface area contributed by atoms with Gasteiger partial charge in [-0.15, -0.1) is 0 Å². The van der Waals surface area contributed by atoms with Gasteiger partial charge in [-0.2, -0.15) is 0 Å². The molecule has 5 heteroatoms. The van der Waals surface area contributed by atoms with Gasteiger partial charge in [0.05, 0.1) is 7.11 Å². The number of amides is 1. The van der Waals surface area contributed by atoms with Crippen LogP contribution in [0, 0.1) is 5.92 Å². The second-order valence-electron chi connectivity index (χ2n) is 3.13. The zero-order chi connectivity index (χ0) is 9.84. The van der Waals surface area contributed by atoms with Gasteiger partial charge in [0, 0.05) is 13.1 Å². The Morgan fingerprint density at radius 3 is 2.77 bits per heavy atom. The average Bonchev–Trinajstić information content (AvgIpc) is 2.63. The van der Waals surface area contributed by atoms with Crippen molar-refractivity contribution < 1.29 is 14.3 Å². The summed E-state index contributed by atoms with van der Waals surface area (Å²) < 4.78 is 4.33. The van der Waals surface area contributed by atoms with Crippen molar-refractivity contribution in [3.63, 3.8) is 0 Å². The molecule has 0 aromatic heterocycles. The highest BCUT2D eigenvalue weighted by Gasteiger charge is 2.29.